The fraction of sp³-hybridized carbons (Fsp3) is 0.467. The van der Waals surface area contributed by atoms with E-state index in [1.807, 2.05) is 0 Å². The number of anilines is 1. The number of hydrogen-bond donors (Lipinski definition) is 0. The molecule has 0 unspecified atom stereocenters. The predicted octanol–water partition coefficient (Wildman–Crippen LogP) is 2.07. The average molecular weight is 368 g/mol. The highest BCUT2D eigenvalue weighted by atomic mass is 32.2. The number of rotatable bonds is 4. The van der Waals surface area contributed by atoms with Gasteiger partial charge in [-0.1, -0.05) is 17.4 Å². The standard InChI is InChI=1S/C15H17FN4O2S2/c16-12-2-1-3-13(10-12)24(21,22)20-8-6-19(7-9-20)15-18-17-14(23-15)11-4-5-11/h1-3,10-11H,4-9H2. The number of halogens is 1. The van der Waals surface area contributed by atoms with E-state index >= 15 is 0 Å². The van der Waals surface area contributed by atoms with Crippen LogP contribution in [0.5, 0.6) is 0 Å². The molecule has 1 saturated heterocycles. The molecule has 2 aliphatic rings. The third kappa shape index (κ3) is 3.03. The molecule has 4 rings (SSSR count). The quantitative estimate of drug-likeness (QED) is 0.826. The van der Waals surface area contributed by atoms with Gasteiger partial charge in [-0.05, 0) is 31.0 Å². The first-order chi connectivity index (χ1) is 11.5. The van der Waals surface area contributed by atoms with Crippen molar-refractivity contribution >= 4 is 26.5 Å². The SMILES string of the molecule is O=S(=O)(c1cccc(F)c1)N1CCN(c2nnc(C3CC3)s2)CC1. The Labute approximate surface area is 144 Å². The fourth-order valence-electron chi connectivity index (χ4n) is 2.75. The Balaban J connectivity index is 1.45. The normalized spacial score (nSPS) is 19.6. The van der Waals surface area contributed by atoms with Crippen LogP contribution in [0, 0.1) is 5.82 Å². The lowest BCUT2D eigenvalue weighted by atomic mass is 10.4. The van der Waals surface area contributed by atoms with Crippen LogP contribution in [0.1, 0.15) is 23.8 Å². The topological polar surface area (TPSA) is 66.4 Å². The van der Waals surface area contributed by atoms with Crippen LogP contribution in [0.3, 0.4) is 0 Å². The van der Waals surface area contributed by atoms with Gasteiger partial charge in [0.15, 0.2) is 0 Å². The first-order valence-corrected chi connectivity index (χ1v) is 10.1. The van der Waals surface area contributed by atoms with Gasteiger partial charge in [0, 0.05) is 32.1 Å². The summed E-state index contributed by atoms with van der Waals surface area (Å²) < 4.78 is 39.9. The third-order valence-electron chi connectivity index (χ3n) is 4.30. The van der Waals surface area contributed by atoms with Crippen molar-refractivity contribution < 1.29 is 12.8 Å². The van der Waals surface area contributed by atoms with Gasteiger partial charge < -0.3 is 4.90 Å². The highest BCUT2D eigenvalue weighted by Gasteiger charge is 2.31. The largest absolute Gasteiger partial charge is 0.344 e. The Morgan fingerprint density at radius 1 is 1.12 bits per heavy atom. The second-order valence-electron chi connectivity index (χ2n) is 6.05. The average Bonchev–Trinajstić information content (AvgIpc) is 3.32. The molecule has 1 saturated carbocycles. The van der Waals surface area contributed by atoms with Gasteiger partial charge in [-0.25, -0.2) is 12.8 Å². The van der Waals surface area contributed by atoms with E-state index in [1.165, 1.54) is 35.3 Å². The van der Waals surface area contributed by atoms with Crippen molar-refractivity contribution in [3.05, 3.63) is 35.1 Å². The number of aromatic nitrogens is 2. The molecule has 0 amide bonds. The first-order valence-electron chi connectivity index (χ1n) is 7.88. The lowest BCUT2D eigenvalue weighted by molar-refractivity contribution is 0.384. The highest BCUT2D eigenvalue weighted by molar-refractivity contribution is 7.89. The summed E-state index contributed by atoms with van der Waals surface area (Å²) in [4.78, 5) is 2.07. The van der Waals surface area contributed by atoms with Crippen molar-refractivity contribution in [1.82, 2.24) is 14.5 Å². The van der Waals surface area contributed by atoms with Crippen LogP contribution >= 0.6 is 11.3 Å². The minimum absolute atomic E-state index is 0.00267. The van der Waals surface area contributed by atoms with Crippen LogP contribution < -0.4 is 4.90 Å². The molecule has 128 valence electrons. The second-order valence-corrected chi connectivity index (χ2v) is 8.97. The van der Waals surface area contributed by atoms with Gasteiger partial charge in [0.05, 0.1) is 4.90 Å². The van der Waals surface area contributed by atoms with Gasteiger partial charge >= 0.3 is 0 Å². The van der Waals surface area contributed by atoms with Crippen LogP contribution in [0.2, 0.25) is 0 Å². The van der Waals surface area contributed by atoms with E-state index in [-0.39, 0.29) is 4.90 Å². The lowest BCUT2D eigenvalue weighted by Gasteiger charge is -2.33. The van der Waals surface area contributed by atoms with Crippen molar-refractivity contribution in [2.24, 2.45) is 0 Å². The minimum atomic E-state index is -3.65. The molecule has 0 spiro atoms. The molecule has 2 aromatic rings. The fourth-order valence-corrected chi connectivity index (χ4v) is 5.26. The molecular formula is C15H17FN4O2S2. The van der Waals surface area contributed by atoms with Gasteiger partial charge in [-0.2, -0.15) is 4.31 Å². The van der Waals surface area contributed by atoms with Crippen molar-refractivity contribution in [1.29, 1.82) is 0 Å². The monoisotopic (exact) mass is 368 g/mol. The van der Waals surface area contributed by atoms with Crippen LogP contribution in [-0.2, 0) is 10.0 Å². The summed E-state index contributed by atoms with van der Waals surface area (Å²) >= 11 is 1.60. The Morgan fingerprint density at radius 2 is 1.88 bits per heavy atom. The van der Waals surface area contributed by atoms with E-state index in [9.17, 15) is 12.8 Å². The van der Waals surface area contributed by atoms with E-state index in [0.717, 1.165) is 16.2 Å². The smallest absolute Gasteiger partial charge is 0.243 e. The predicted molar refractivity (Wildman–Crippen MR) is 89.3 cm³/mol. The number of benzene rings is 1. The lowest BCUT2D eigenvalue weighted by Crippen LogP contribution is -2.48. The van der Waals surface area contributed by atoms with Crippen molar-refractivity contribution in [3.8, 4) is 0 Å². The highest BCUT2D eigenvalue weighted by Crippen LogP contribution is 2.42. The summed E-state index contributed by atoms with van der Waals surface area (Å²) in [7, 11) is -3.65. The summed E-state index contributed by atoms with van der Waals surface area (Å²) in [6.07, 6.45) is 2.38. The molecule has 2 fully saturated rings. The summed E-state index contributed by atoms with van der Waals surface area (Å²) in [5, 5.41) is 10.4. The first kappa shape index (κ1) is 15.9. The van der Waals surface area contributed by atoms with Crippen LogP contribution in [0.4, 0.5) is 9.52 Å². The molecule has 6 nitrogen and oxygen atoms in total. The number of piperazine rings is 1. The van der Waals surface area contributed by atoms with Crippen LogP contribution in [0.25, 0.3) is 0 Å². The Hall–Kier alpha value is -1.58. The van der Waals surface area contributed by atoms with Gasteiger partial charge in [0.25, 0.3) is 0 Å². The Kier molecular flexibility index (Phi) is 4.01. The van der Waals surface area contributed by atoms with Crippen LogP contribution in [0.15, 0.2) is 29.2 Å². The maximum absolute atomic E-state index is 13.3. The van der Waals surface area contributed by atoms with Gasteiger partial charge in [-0.15, -0.1) is 10.2 Å². The van der Waals surface area contributed by atoms with Crippen molar-refractivity contribution in [2.45, 2.75) is 23.7 Å². The molecule has 0 N–H and O–H groups in total. The molecule has 2 heterocycles. The number of hydrogen-bond acceptors (Lipinski definition) is 6. The van der Waals surface area contributed by atoms with Crippen LogP contribution in [-0.4, -0.2) is 49.1 Å². The third-order valence-corrected chi connectivity index (χ3v) is 7.34. The van der Waals surface area contributed by atoms with Gasteiger partial charge in [0.1, 0.15) is 10.8 Å². The zero-order chi connectivity index (χ0) is 16.7. The maximum atomic E-state index is 13.3. The molecule has 0 radical (unpaired) electrons. The molecule has 0 bridgehead atoms. The summed E-state index contributed by atoms with van der Waals surface area (Å²) in [6.45, 7) is 1.84. The molecule has 1 aromatic heterocycles. The number of sulfonamides is 1. The van der Waals surface area contributed by atoms with E-state index in [2.05, 4.69) is 15.1 Å². The molecule has 1 aliphatic carbocycles. The van der Waals surface area contributed by atoms with E-state index < -0.39 is 15.8 Å². The summed E-state index contributed by atoms with van der Waals surface area (Å²) in [6, 6.07) is 5.15. The molecular weight excluding hydrogens is 351 g/mol. The van der Waals surface area contributed by atoms with Gasteiger partial charge in [0.2, 0.25) is 15.2 Å². The van der Waals surface area contributed by atoms with E-state index in [1.54, 1.807) is 11.3 Å². The Bertz CT molecular complexity index is 843. The second kappa shape index (κ2) is 6.05. The maximum Gasteiger partial charge on any atom is 0.243 e. The van der Waals surface area contributed by atoms with E-state index in [4.69, 9.17) is 0 Å². The zero-order valence-corrected chi connectivity index (χ0v) is 14.6. The number of nitrogens with zero attached hydrogens (tertiary/aromatic N) is 4. The summed E-state index contributed by atoms with van der Waals surface area (Å²) in [5.41, 5.74) is 0. The zero-order valence-electron chi connectivity index (χ0n) is 12.9. The molecule has 1 aliphatic heterocycles. The van der Waals surface area contributed by atoms with Gasteiger partial charge in [-0.3, -0.25) is 0 Å². The molecule has 9 heteroatoms. The molecule has 24 heavy (non-hydrogen) atoms. The van der Waals surface area contributed by atoms with Crippen molar-refractivity contribution in [2.75, 3.05) is 31.1 Å². The summed E-state index contributed by atoms with van der Waals surface area (Å²) in [5.74, 6) is 0.0297. The molecule has 0 atom stereocenters. The van der Waals surface area contributed by atoms with Crippen molar-refractivity contribution in [3.63, 3.8) is 0 Å². The Morgan fingerprint density at radius 3 is 2.54 bits per heavy atom. The van der Waals surface area contributed by atoms with E-state index in [0.29, 0.717) is 32.1 Å². The molecule has 1 aromatic carbocycles. The minimum Gasteiger partial charge on any atom is -0.344 e.